The lowest BCUT2D eigenvalue weighted by Gasteiger charge is -2.38. The van der Waals surface area contributed by atoms with E-state index in [1.165, 1.54) is 0 Å². The summed E-state index contributed by atoms with van der Waals surface area (Å²) in [4.78, 5) is 45.3. The minimum Gasteiger partial charge on any atom is -0.352 e. The zero-order valence-electron chi connectivity index (χ0n) is 20.4. The molecule has 3 aromatic carbocycles. The minimum atomic E-state index is -1.43. The molecule has 0 saturated carbocycles. The van der Waals surface area contributed by atoms with Crippen LogP contribution < -0.4 is 4.90 Å². The molecule has 0 amide bonds. The van der Waals surface area contributed by atoms with Crippen LogP contribution in [0.15, 0.2) is 83.3 Å². The Labute approximate surface area is 219 Å². The summed E-state index contributed by atoms with van der Waals surface area (Å²) < 4.78 is 0.928. The fourth-order valence-corrected chi connectivity index (χ4v) is 6.80. The van der Waals surface area contributed by atoms with Gasteiger partial charge in [0.2, 0.25) is 0 Å². The summed E-state index contributed by atoms with van der Waals surface area (Å²) in [6.45, 7) is 5.73. The van der Waals surface area contributed by atoms with Crippen molar-refractivity contribution in [3.63, 3.8) is 0 Å². The zero-order valence-corrected chi connectivity index (χ0v) is 22.0. The number of rotatable bonds is 2. The van der Waals surface area contributed by atoms with Crippen molar-refractivity contribution >= 4 is 45.0 Å². The van der Waals surface area contributed by atoms with Crippen molar-refractivity contribution in [2.45, 2.75) is 38.8 Å². The molecule has 1 spiro atoms. The van der Waals surface area contributed by atoms with E-state index < -0.39 is 28.8 Å². The highest BCUT2D eigenvalue weighted by Gasteiger charge is 2.71. The number of halogens is 1. The van der Waals surface area contributed by atoms with Crippen LogP contribution in [0.4, 0.5) is 5.69 Å². The van der Waals surface area contributed by atoms with Gasteiger partial charge in [0.1, 0.15) is 5.41 Å². The molecule has 0 radical (unpaired) electrons. The number of Topliss-reactive ketones (excluding diaryl/α,β-unsaturated/α-hetero) is 3. The largest absolute Gasteiger partial charge is 0.352 e. The van der Waals surface area contributed by atoms with Gasteiger partial charge < -0.3 is 4.90 Å². The smallest absolute Gasteiger partial charge is 0.180 e. The summed E-state index contributed by atoms with van der Waals surface area (Å²) in [7, 11) is 0. The van der Waals surface area contributed by atoms with E-state index in [-0.39, 0.29) is 17.3 Å². The van der Waals surface area contributed by atoms with E-state index in [2.05, 4.69) is 20.8 Å². The summed E-state index contributed by atoms with van der Waals surface area (Å²) in [6.07, 6.45) is 3.95. The van der Waals surface area contributed by atoms with Crippen LogP contribution in [0.2, 0.25) is 0 Å². The standard InChI is InChI=1S/C31H26BrNO3/c1-30(2,3)29(36)26-25(18-9-5-4-6-10-18)31(27(34)21-11-7-8-12-22(21)28(31)35)24-16-13-19-17-20(32)14-15-23(19)33(24)26/h4-17,24-26H,1-3H3/t24-,25-,26+/m1/s1. The quantitative estimate of drug-likeness (QED) is 0.349. The number of benzene rings is 3. The third-order valence-electron chi connectivity index (χ3n) is 7.93. The molecule has 2 heterocycles. The lowest BCUT2D eigenvalue weighted by atomic mass is 9.63. The van der Waals surface area contributed by atoms with Gasteiger partial charge >= 0.3 is 0 Å². The van der Waals surface area contributed by atoms with Crippen molar-refractivity contribution in [3.05, 3.63) is 106 Å². The maximum Gasteiger partial charge on any atom is 0.180 e. The van der Waals surface area contributed by atoms with Crippen LogP contribution in [0.3, 0.4) is 0 Å². The molecular formula is C31H26BrNO3. The molecule has 1 saturated heterocycles. The van der Waals surface area contributed by atoms with Crippen LogP contribution in [0.1, 0.15) is 58.5 Å². The first-order valence-corrected chi connectivity index (χ1v) is 13.0. The molecule has 3 aromatic rings. The maximum absolute atomic E-state index is 14.5. The third kappa shape index (κ3) is 2.95. The van der Waals surface area contributed by atoms with Crippen LogP contribution >= 0.6 is 15.9 Å². The number of carbonyl (C=O) groups is 3. The Balaban J connectivity index is 1.70. The molecule has 0 N–H and O–H groups in total. The summed E-state index contributed by atoms with van der Waals surface area (Å²) in [5.41, 5.74) is 1.43. The summed E-state index contributed by atoms with van der Waals surface area (Å²) >= 11 is 3.56. The highest BCUT2D eigenvalue weighted by Crippen LogP contribution is 2.61. The van der Waals surface area contributed by atoms with Gasteiger partial charge in [-0.05, 0) is 29.3 Å². The molecule has 5 heteroatoms. The van der Waals surface area contributed by atoms with E-state index in [0.717, 1.165) is 21.3 Å². The van der Waals surface area contributed by atoms with Crippen molar-refractivity contribution in [1.82, 2.24) is 0 Å². The molecule has 3 atom stereocenters. The maximum atomic E-state index is 14.5. The first-order valence-electron chi connectivity index (χ1n) is 12.2. The first kappa shape index (κ1) is 23.1. The lowest BCUT2D eigenvalue weighted by Crippen LogP contribution is -2.49. The number of hydrogen-bond acceptors (Lipinski definition) is 4. The molecule has 4 nitrogen and oxygen atoms in total. The van der Waals surface area contributed by atoms with Gasteiger partial charge in [-0.15, -0.1) is 0 Å². The van der Waals surface area contributed by atoms with Crippen molar-refractivity contribution in [1.29, 1.82) is 0 Å². The van der Waals surface area contributed by atoms with Crippen LogP contribution in [0.5, 0.6) is 0 Å². The molecule has 0 aromatic heterocycles. The molecule has 6 rings (SSSR count). The minimum absolute atomic E-state index is 0.0129. The Morgan fingerprint density at radius 3 is 2.11 bits per heavy atom. The molecule has 3 aliphatic rings. The average molecular weight is 540 g/mol. The van der Waals surface area contributed by atoms with Gasteiger partial charge in [0, 0.05) is 32.6 Å². The Morgan fingerprint density at radius 1 is 0.889 bits per heavy atom. The second-order valence-corrected chi connectivity index (χ2v) is 11.9. The fraction of sp³-hybridized carbons (Fsp3) is 0.258. The van der Waals surface area contributed by atoms with Gasteiger partial charge in [0.05, 0.1) is 12.1 Å². The topological polar surface area (TPSA) is 54.5 Å². The predicted octanol–water partition coefficient (Wildman–Crippen LogP) is 6.50. The highest BCUT2D eigenvalue weighted by atomic mass is 79.9. The molecule has 180 valence electrons. The lowest BCUT2D eigenvalue weighted by molar-refractivity contribution is -0.127. The number of carbonyl (C=O) groups excluding carboxylic acids is 3. The Hall–Kier alpha value is -3.31. The van der Waals surface area contributed by atoms with Gasteiger partial charge in [-0.3, -0.25) is 14.4 Å². The second-order valence-electron chi connectivity index (χ2n) is 10.9. The Kier molecular flexibility index (Phi) is 5.03. The average Bonchev–Trinajstić information content (AvgIpc) is 3.29. The summed E-state index contributed by atoms with van der Waals surface area (Å²) in [5, 5.41) is 0. The van der Waals surface area contributed by atoms with E-state index in [4.69, 9.17) is 0 Å². The SMILES string of the molecule is CC(C)(C)C(=O)[C@@H]1[C@@H](c2ccccc2)C2(C(=O)c3ccccc3C2=O)[C@H]2C=Cc3cc(Br)ccc3N12. The summed E-state index contributed by atoms with van der Waals surface area (Å²) in [6, 6.07) is 21.4. The Bertz CT molecular complexity index is 1430. The molecule has 0 bridgehead atoms. The van der Waals surface area contributed by atoms with Crippen molar-refractivity contribution in [3.8, 4) is 0 Å². The van der Waals surface area contributed by atoms with Gasteiger partial charge in [-0.1, -0.05) is 103 Å². The number of nitrogens with zero attached hydrogens (tertiary/aromatic N) is 1. The number of fused-ring (bicyclic) bond motifs is 5. The molecular weight excluding hydrogens is 514 g/mol. The number of anilines is 1. The van der Waals surface area contributed by atoms with E-state index in [9.17, 15) is 14.4 Å². The number of ketones is 3. The molecule has 1 fully saturated rings. The van der Waals surface area contributed by atoms with Crippen LogP contribution in [-0.2, 0) is 4.79 Å². The fourth-order valence-electron chi connectivity index (χ4n) is 6.42. The monoisotopic (exact) mass is 539 g/mol. The molecule has 0 unspecified atom stereocenters. The van der Waals surface area contributed by atoms with Crippen LogP contribution in [0.25, 0.3) is 6.08 Å². The predicted molar refractivity (Wildman–Crippen MR) is 144 cm³/mol. The van der Waals surface area contributed by atoms with Gasteiger partial charge in [0.25, 0.3) is 0 Å². The van der Waals surface area contributed by atoms with Gasteiger partial charge in [-0.2, -0.15) is 0 Å². The zero-order chi connectivity index (χ0) is 25.4. The highest BCUT2D eigenvalue weighted by molar-refractivity contribution is 9.10. The molecule has 36 heavy (non-hydrogen) atoms. The molecule has 2 aliphatic heterocycles. The first-order chi connectivity index (χ1) is 17.2. The number of hydrogen-bond donors (Lipinski definition) is 0. The van der Waals surface area contributed by atoms with E-state index >= 15 is 0 Å². The second kappa shape index (κ2) is 7.84. The van der Waals surface area contributed by atoms with Crippen LogP contribution in [0, 0.1) is 10.8 Å². The van der Waals surface area contributed by atoms with Crippen LogP contribution in [-0.4, -0.2) is 29.4 Å². The van der Waals surface area contributed by atoms with Crippen molar-refractivity contribution in [2.75, 3.05) is 4.90 Å². The summed E-state index contributed by atoms with van der Waals surface area (Å²) in [5.74, 6) is -1.01. The van der Waals surface area contributed by atoms with Gasteiger partial charge in [0.15, 0.2) is 17.3 Å². The van der Waals surface area contributed by atoms with Gasteiger partial charge in [-0.25, -0.2) is 0 Å². The van der Waals surface area contributed by atoms with Crippen molar-refractivity contribution in [2.24, 2.45) is 10.8 Å². The normalized spacial score (nSPS) is 23.6. The Morgan fingerprint density at radius 2 is 1.50 bits per heavy atom. The van der Waals surface area contributed by atoms with E-state index in [0.29, 0.717) is 11.1 Å². The molecule has 1 aliphatic carbocycles. The van der Waals surface area contributed by atoms with Crippen molar-refractivity contribution < 1.29 is 14.4 Å². The van der Waals surface area contributed by atoms with E-state index in [1.807, 2.05) is 81.5 Å². The third-order valence-corrected chi connectivity index (χ3v) is 8.43. The van der Waals surface area contributed by atoms with E-state index in [1.54, 1.807) is 24.3 Å².